The summed E-state index contributed by atoms with van der Waals surface area (Å²) < 4.78 is 5.17. The topological polar surface area (TPSA) is 29.5 Å². The third-order valence-electron chi connectivity index (χ3n) is 2.85. The molecule has 1 aromatic rings. The van der Waals surface area contributed by atoms with E-state index in [1.54, 1.807) is 7.11 Å². The van der Waals surface area contributed by atoms with E-state index in [9.17, 15) is 5.11 Å². The van der Waals surface area contributed by atoms with Crippen molar-refractivity contribution in [2.75, 3.05) is 7.11 Å². The van der Waals surface area contributed by atoms with Crippen LogP contribution in [-0.2, 0) is 12.8 Å². The largest absolute Gasteiger partial charge is 0.497 e. The van der Waals surface area contributed by atoms with Gasteiger partial charge in [0, 0.05) is 0 Å². The molecule has 0 spiro atoms. The maximum Gasteiger partial charge on any atom is 0.119 e. The van der Waals surface area contributed by atoms with Gasteiger partial charge in [0.05, 0.1) is 13.2 Å². The van der Waals surface area contributed by atoms with Crippen LogP contribution in [0.1, 0.15) is 24.0 Å². The summed E-state index contributed by atoms with van der Waals surface area (Å²) in [6.07, 6.45) is 3.67. The minimum atomic E-state index is -0.177. The van der Waals surface area contributed by atoms with Crippen LogP contribution >= 0.6 is 0 Å². The number of aryl methyl sites for hydroxylation is 1. The zero-order valence-electron chi connectivity index (χ0n) is 8.49. The molecule has 0 aromatic heterocycles. The van der Waals surface area contributed by atoms with Gasteiger partial charge < -0.3 is 9.84 Å². The maximum absolute atomic E-state index is 9.66. The highest BCUT2D eigenvalue weighted by molar-refractivity contribution is 5.36. The summed E-state index contributed by atoms with van der Waals surface area (Å²) >= 11 is 0. The number of hydrogen-bond acceptors (Lipinski definition) is 2. The van der Waals surface area contributed by atoms with Gasteiger partial charge in [0.15, 0.2) is 0 Å². The quantitative estimate of drug-likeness (QED) is 0.689. The van der Waals surface area contributed by atoms with Crippen molar-refractivity contribution < 1.29 is 9.84 Å². The van der Waals surface area contributed by atoms with E-state index in [1.807, 2.05) is 12.1 Å². The molecule has 1 aliphatic carbocycles. The molecule has 0 radical (unpaired) electrons. The predicted octanol–water partition coefficient (Wildman–Crippen LogP) is 1.93. The first kappa shape index (κ1) is 9.53. The average molecular weight is 192 g/mol. The van der Waals surface area contributed by atoms with Crippen LogP contribution in [0.2, 0.25) is 0 Å². The Bertz CT molecular complexity index is 320. The zero-order valence-corrected chi connectivity index (χ0v) is 8.49. The molecule has 0 saturated heterocycles. The number of methoxy groups -OCH3 is 1. The molecule has 2 heteroatoms. The standard InChI is InChI=1S/C12H16O2/c1-14-12-6-5-9-3-2-4-11(13)7-10(9)8-12/h5-6,8,11,13H,2-4,7H2,1H3. The van der Waals surface area contributed by atoms with Gasteiger partial charge in [-0.1, -0.05) is 6.07 Å². The Labute approximate surface area is 84.5 Å². The second-order valence-corrected chi connectivity index (χ2v) is 3.88. The van der Waals surface area contributed by atoms with Gasteiger partial charge in [0.2, 0.25) is 0 Å². The predicted molar refractivity (Wildman–Crippen MR) is 55.6 cm³/mol. The van der Waals surface area contributed by atoms with Crippen LogP contribution in [0.25, 0.3) is 0 Å². The highest BCUT2D eigenvalue weighted by atomic mass is 16.5. The summed E-state index contributed by atoms with van der Waals surface area (Å²) in [4.78, 5) is 0. The van der Waals surface area contributed by atoms with Crippen molar-refractivity contribution >= 4 is 0 Å². The Morgan fingerprint density at radius 3 is 3.00 bits per heavy atom. The van der Waals surface area contributed by atoms with Crippen molar-refractivity contribution in [3.8, 4) is 5.75 Å². The van der Waals surface area contributed by atoms with Gasteiger partial charge in [-0.3, -0.25) is 0 Å². The molecule has 1 aliphatic rings. The number of fused-ring (bicyclic) bond motifs is 1. The van der Waals surface area contributed by atoms with E-state index in [0.29, 0.717) is 0 Å². The van der Waals surface area contributed by atoms with Gasteiger partial charge >= 0.3 is 0 Å². The summed E-state index contributed by atoms with van der Waals surface area (Å²) in [5.74, 6) is 0.887. The van der Waals surface area contributed by atoms with Gasteiger partial charge in [0.1, 0.15) is 5.75 Å². The third-order valence-corrected chi connectivity index (χ3v) is 2.85. The molecule has 0 bridgehead atoms. The Kier molecular flexibility index (Phi) is 2.73. The third kappa shape index (κ3) is 1.90. The van der Waals surface area contributed by atoms with Gasteiger partial charge in [-0.15, -0.1) is 0 Å². The molecule has 0 fully saturated rings. The van der Waals surface area contributed by atoms with Crippen molar-refractivity contribution in [2.45, 2.75) is 31.8 Å². The molecule has 0 aliphatic heterocycles. The fourth-order valence-electron chi connectivity index (χ4n) is 2.05. The molecule has 0 heterocycles. The van der Waals surface area contributed by atoms with E-state index >= 15 is 0 Å². The monoisotopic (exact) mass is 192 g/mol. The molecule has 2 rings (SSSR count). The van der Waals surface area contributed by atoms with Crippen LogP contribution in [0, 0.1) is 0 Å². The zero-order chi connectivity index (χ0) is 9.97. The van der Waals surface area contributed by atoms with Crippen LogP contribution in [0.15, 0.2) is 18.2 Å². The van der Waals surface area contributed by atoms with E-state index in [2.05, 4.69) is 6.07 Å². The number of ether oxygens (including phenoxy) is 1. The molecule has 1 unspecified atom stereocenters. The Morgan fingerprint density at radius 2 is 2.21 bits per heavy atom. The fraction of sp³-hybridized carbons (Fsp3) is 0.500. The van der Waals surface area contributed by atoms with E-state index in [0.717, 1.165) is 31.4 Å². The molecule has 0 saturated carbocycles. The SMILES string of the molecule is COc1ccc2c(c1)CC(O)CCC2. The van der Waals surface area contributed by atoms with E-state index < -0.39 is 0 Å². The van der Waals surface area contributed by atoms with Gasteiger partial charge in [-0.25, -0.2) is 0 Å². The Hall–Kier alpha value is -1.02. The molecule has 2 nitrogen and oxygen atoms in total. The van der Waals surface area contributed by atoms with Gasteiger partial charge in [-0.2, -0.15) is 0 Å². The fourth-order valence-corrected chi connectivity index (χ4v) is 2.05. The van der Waals surface area contributed by atoms with Crippen LogP contribution < -0.4 is 4.74 Å². The molecular formula is C12H16O2. The second-order valence-electron chi connectivity index (χ2n) is 3.88. The maximum atomic E-state index is 9.66. The van der Waals surface area contributed by atoms with Crippen molar-refractivity contribution in [1.29, 1.82) is 0 Å². The van der Waals surface area contributed by atoms with Gasteiger partial charge in [0.25, 0.3) is 0 Å². The minimum absolute atomic E-state index is 0.177. The summed E-state index contributed by atoms with van der Waals surface area (Å²) in [5.41, 5.74) is 2.61. The number of aliphatic hydroxyl groups is 1. The first-order chi connectivity index (χ1) is 6.79. The highest BCUT2D eigenvalue weighted by Crippen LogP contribution is 2.24. The summed E-state index contributed by atoms with van der Waals surface area (Å²) in [7, 11) is 1.68. The van der Waals surface area contributed by atoms with Crippen LogP contribution in [0.3, 0.4) is 0 Å². The first-order valence-electron chi connectivity index (χ1n) is 5.13. The molecule has 1 aromatic carbocycles. The van der Waals surface area contributed by atoms with Crippen molar-refractivity contribution in [2.24, 2.45) is 0 Å². The molecular weight excluding hydrogens is 176 g/mol. The van der Waals surface area contributed by atoms with Crippen molar-refractivity contribution in [3.05, 3.63) is 29.3 Å². The van der Waals surface area contributed by atoms with Crippen LogP contribution in [0.5, 0.6) is 5.75 Å². The normalized spacial score (nSPS) is 21.1. The second kappa shape index (κ2) is 4.01. The van der Waals surface area contributed by atoms with Crippen molar-refractivity contribution in [3.63, 3.8) is 0 Å². The van der Waals surface area contributed by atoms with Gasteiger partial charge in [-0.05, 0) is 48.9 Å². The summed E-state index contributed by atoms with van der Waals surface area (Å²) in [6.45, 7) is 0. The first-order valence-corrected chi connectivity index (χ1v) is 5.13. The van der Waals surface area contributed by atoms with Crippen molar-refractivity contribution in [1.82, 2.24) is 0 Å². The van der Waals surface area contributed by atoms with E-state index in [4.69, 9.17) is 4.74 Å². The Morgan fingerprint density at radius 1 is 1.36 bits per heavy atom. The average Bonchev–Trinajstić information content (AvgIpc) is 2.37. The molecule has 1 atom stereocenters. The minimum Gasteiger partial charge on any atom is -0.497 e. The number of benzene rings is 1. The molecule has 0 amide bonds. The lowest BCUT2D eigenvalue weighted by molar-refractivity contribution is 0.165. The lowest BCUT2D eigenvalue weighted by atomic mass is 10.0. The number of aliphatic hydroxyl groups excluding tert-OH is 1. The van der Waals surface area contributed by atoms with Crippen LogP contribution in [-0.4, -0.2) is 18.3 Å². The molecule has 76 valence electrons. The Balaban J connectivity index is 2.32. The summed E-state index contributed by atoms with van der Waals surface area (Å²) in [5, 5.41) is 9.66. The van der Waals surface area contributed by atoms with E-state index in [1.165, 1.54) is 11.1 Å². The number of hydrogen-bond donors (Lipinski definition) is 1. The lowest BCUT2D eigenvalue weighted by Crippen LogP contribution is -2.08. The molecule has 1 N–H and O–H groups in total. The van der Waals surface area contributed by atoms with E-state index in [-0.39, 0.29) is 6.10 Å². The smallest absolute Gasteiger partial charge is 0.119 e. The molecule has 14 heavy (non-hydrogen) atoms. The van der Waals surface area contributed by atoms with Crippen LogP contribution in [0.4, 0.5) is 0 Å². The number of rotatable bonds is 1. The lowest BCUT2D eigenvalue weighted by Gasteiger charge is -2.09. The summed E-state index contributed by atoms with van der Waals surface area (Å²) in [6, 6.07) is 6.16. The highest BCUT2D eigenvalue weighted by Gasteiger charge is 2.14.